The first-order valence-corrected chi connectivity index (χ1v) is 5.61. The maximum absolute atomic E-state index is 10.7. The molecule has 0 aliphatic heterocycles. The highest BCUT2D eigenvalue weighted by Gasteiger charge is 2.60. The van der Waals surface area contributed by atoms with Crippen molar-refractivity contribution in [2.75, 3.05) is 6.54 Å². The number of hydrogen-bond donors (Lipinski definition) is 2. The molecule has 0 bridgehead atoms. The minimum Gasteiger partial charge on any atom is -0.389 e. The predicted molar refractivity (Wildman–Crippen MR) is 53.3 cm³/mol. The van der Waals surface area contributed by atoms with Gasteiger partial charge in [0.2, 0.25) is 0 Å². The van der Waals surface area contributed by atoms with Crippen molar-refractivity contribution in [1.82, 2.24) is 0 Å². The highest BCUT2D eigenvalue weighted by Crippen LogP contribution is 2.60. The van der Waals surface area contributed by atoms with Crippen LogP contribution in [0.5, 0.6) is 0 Å². The Balaban J connectivity index is 2.13. The second-order valence-corrected chi connectivity index (χ2v) is 4.89. The molecule has 2 aliphatic rings. The van der Waals surface area contributed by atoms with Crippen LogP contribution in [-0.2, 0) is 0 Å². The van der Waals surface area contributed by atoms with Gasteiger partial charge in [0.15, 0.2) is 0 Å². The third-order valence-corrected chi connectivity index (χ3v) is 4.48. The van der Waals surface area contributed by atoms with Crippen LogP contribution in [0.1, 0.15) is 45.4 Å². The molecular formula is C11H21NO. The minimum absolute atomic E-state index is 0.104. The van der Waals surface area contributed by atoms with E-state index in [1.54, 1.807) is 0 Å². The van der Waals surface area contributed by atoms with Gasteiger partial charge in [0.05, 0.1) is 5.60 Å². The summed E-state index contributed by atoms with van der Waals surface area (Å²) in [7, 11) is 0. The van der Waals surface area contributed by atoms with Gasteiger partial charge in [-0.25, -0.2) is 0 Å². The Labute approximate surface area is 80.5 Å². The molecule has 13 heavy (non-hydrogen) atoms. The van der Waals surface area contributed by atoms with Gasteiger partial charge < -0.3 is 10.8 Å². The summed E-state index contributed by atoms with van der Waals surface area (Å²) in [4.78, 5) is 0. The van der Waals surface area contributed by atoms with Gasteiger partial charge in [0, 0.05) is 12.0 Å². The summed E-state index contributed by atoms with van der Waals surface area (Å²) in [6.07, 6.45) is 6.90. The quantitative estimate of drug-likeness (QED) is 0.696. The molecule has 0 aromatic carbocycles. The minimum atomic E-state index is -0.431. The lowest BCUT2D eigenvalue weighted by Crippen LogP contribution is -2.51. The summed E-state index contributed by atoms with van der Waals surface area (Å²) >= 11 is 0. The van der Waals surface area contributed by atoms with Crippen LogP contribution in [0.25, 0.3) is 0 Å². The van der Waals surface area contributed by atoms with E-state index >= 15 is 0 Å². The molecule has 2 fully saturated rings. The fourth-order valence-electron chi connectivity index (χ4n) is 2.95. The Morgan fingerprint density at radius 1 is 1.46 bits per heavy atom. The standard InChI is InChI=1S/C11H21NO/c1-2-11(13,9-4-3-5-9)10(8-12)6-7-10/h9,13H,2-8,12H2,1H3. The first-order chi connectivity index (χ1) is 6.18. The van der Waals surface area contributed by atoms with Gasteiger partial charge >= 0.3 is 0 Å². The number of aliphatic hydroxyl groups is 1. The third kappa shape index (κ3) is 1.15. The first-order valence-electron chi connectivity index (χ1n) is 5.61. The fourth-order valence-corrected chi connectivity index (χ4v) is 2.95. The Morgan fingerprint density at radius 2 is 2.08 bits per heavy atom. The second kappa shape index (κ2) is 2.96. The summed E-state index contributed by atoms with van der Waals surface area (Å²) in [5, 5.41) is 10.7. The second-order valence-electron chi connectivity index (χ2n) is 4.89. The monoisotopic (exact) mass is 183 g/mol. The topological polar surface area (TPSA) is 46.2 Å². The van der Waals surface area contributed by atoms with Crippen molar-refractivity contribution in [2.45, 2.75) is 51.0 Å². The van der Waals surface area contributed by atoms with Crippen molar-refractivity contribution in [3.8, 4) is 0 Å². The van der Waals surface area contributed by atoms with Gasteiger partial charge in [-0.05, 0) is 38.0 Å². The molecule has 2 rings (SSSR count). The summed E-state index contributed by atoms with van der Waals surface area (Å²) in [5.41, 5.74) is 5.46. The lowest BCUT2D eigenvalue weighted by molar-refractivity contribution is -0.108. The number of rotatable bonds is 4. The molecule has 0 saturated heterocycles. The maximum Gasteiger partial charge on any atom is 0.0741 e. The molecule has 0 aromatic rings. The van der Waals surface area contributed by atoms with Crippen molar-refractivity contribution in [3.63, 3.8) is 0 Å². The van der Waals surface area contributed by atoms with Gasteiger partial charge in [-0.1, -0.05) is 13.3 Å². The van der Waals surface area contributed by atoms with Crippen LogP contribution in [0.2, 0.25) is 0 Å². The largest absolute Gasteiger partial charge is 0.389 e. The Morgan fingerprint density at radius 3 is 2.31 bits per heavy atom. The van der Waals surface area contributed by atoms with Gasteiger partial charge in [-0.3, -0.25) is 0 Å². The Bertz CT molecular complexity index is 196. The van der Waals surface area contributed by atoms with Crippen molar-refractivity contribution in [2.24, 2.45) is 17.1 Å². The highest BCUT2D eigenvalue weighted by molar-refractivity contribution is 5.12. The van der Waals surface area contributed by atoms with Crippen molar-refractivity contribution >= 4 is 0 Å². The van der Waals surface area contributed by atoms with Gasteiger partial charge in [0.25, 0.3) is 0 Å². The lowest BCUT2D eigenvalue weighted by atomic mass is 9.64. The molecule has 0 heterocycles. The van der Waals surface area contributed by atoms with E-state index in [0.717, 1.165) is 19.3 Å². The van der Waals surface area contributed by atoms with Gasteiger partial charge in [-0.15, -0.1) is 0 Å². The van der Waals surface area contributed by atoms with Crippen LogP contribution < -0.4 is 5.73 Å². The molecule has 2 nitrogen and oxygen atoms in total. The zero-order valence-corrected chi connectivity index (χ0v) is 8.55. The molecule has 2 saturated carbocycles. The van der Waals surface area contributed by atoms with E-state index in [1.807, 2.05) is 0 Å². The summed E-state index contributed by atoms with van der Waals surface area (Å²) in [6.45, 7) is 2.78. The fraction of sp³-hybridized carbons (Fsp3) is 1.00. The average molecular weight is 183 g/mol. The Hall–Kier alpha value is -0.0800. The highest BCUT2D eigenvalue weighted by atomic mass is 16.3. The van der Waals surface area contributed by atoms with Crippen LogP contribution in [0.3, 0.4) is 0 Å². The smallest absolute Gasteiger partial charge is 0.0741 e. The van der Waals surface area contributed by atoms with E-state index in [4.69, 9.17) is 5.73 Å². The third-order valence-electron chi connectivity index (χ3n) is 4.48. The first kappa shape index (κ1) is 9.47. The molecule has 0 aromatic heterocycles. The van der Waals surface area contributed by atoms with Crippen molar-refractivity contribution in [1.29, 1.82) is 0 Å². The maximum atomic E-state index is 10.7. The van der Waals surface area contributed by atoms with Crippen LogP contribution in [0.15, 0.2) is 0 Å². The molecule has 76 valence electrons. The summed E-state index contributed by atoms with van der Waals surface area (Å²) < 4.78 is 0. The van der Waals surface area contributed by atoms with E-state index in [0.29, 0.717) is 12.5 Å². The molecule has 2 aliphatic carbocycles. The normalized spacial score (nSPS) is 30.7. The van der Waals surface area contributed by atoms with Gasteiger partial charge in [0.1, 0.15) is 0 Å². The van der Waals surface area contributed by atoms with Crippen molar-refractivity contribution in [3.05, 3.63) is 0 Å². The van der Waals surface area contributed by atoms with E-state index in [2.05, 4.69) is 6.92 Å². The number of nitrogens with two attached hydrogens (primary N) is 1. The summed E-state index contributed by atoms with van der Waals surface area (Å²) in [6, 6.07) is 0. The number of hydrogen-bond acceptors (Lipinski definition) is 2. The van der Waals surface area contributed by atoms with Crippen molar-refractivity contribution < 1.29 is 5.11 Å². The van der Waals surface area contributed by atoms with E-state index in [9.17, 15) is 5.11 Å². The molecule has 3 N–H and O–H groups in total. The zero-order valence-electron chi connectivity index (χ0n) is 8.55. The molecule has 0 spiro atoms. The average Bonchev–Trinajstić information content (AvgIpc) is 2.81. The molecule has 2 heteroatoms. The van der Waals surface area contributed by atoms with Gasteiger partial charge in [-0.2, -0.15) is 0 Å². The Kier molecular flexibility index (Phi) is 2.16. The molecule has 1 atom stereocenters. The lowest BCUT2D eigenvalue weighted by Gasteiger charge is -2.46. The van der Waals surface area contributed by atoms with E-state index in [-0.39, 0.29) is 5.41 Å². The molecule has 0 radical (unpaired) electrons. The van der Waals surface area contributed by atoms with Crippen LogP contribution in [0.4, 0.5) is 0 Å². The predicted octanol–water partition coefficient (Wildman–Crippen LogP) is 1.67. The molecule has 0 amide bonds. The molecule has 1 unspecified atom stereocenters. The van der Waals surface area contributed by atoms with E-state index in [1.165, 1.54) is 19.3 Å². The molecular weight excluding hydrogens is 162 g/mol. The van der Waals surface area contributed by atoms with Crippen LogP contribution in [0, 0.1) is 11.3 Å². The van der Waals surface area contributed by atoms with E-state index < -0.39 is 5.60 Å². The SMILES string of the molecule is CCC(O)(C1CCC1)C1(CN)CC1. The zero-order chi connectivity index (χ0) is 9.53. The van der Waals surface area contributed by atoms with Crippen LogP contribution in [-0.4, -0.2) is 17.3 Å². The summed E-state index contributed by atoms with van der Waals surface area (Å²) in [5.74, 6) is 0.545. The van der Waals surface area contributed by atoms with Crippen LogP contribution >= 0.6 is 0 Å².